The Bertz CT molecular complexity index is 424. The van der Waals surface area contributed by atoms with E-state index in [0.717, 1.165) is 0 Å². The Kier molecular flexibility index (Phi) is 3.33. The molecule has 1 rings (SSSR count). The van der Waals surface area contributed by atoms with Crippen molar-refractivity contribution >= 4 is 16.4 Å². The highest BCUT2D eigenvalue weighted by Gasteiger charge is 2.63. The smallest absolute Gasteiger partial charge is 0.434 e. The van der Waals surface area contributed by atoms with Gasteiger partial charge in [0.2, 0.25) is 0 Å². The molecule has 1 saturated heterocycles. The maximum atomic E-state index is 12.1. The van der Waals surface area contributed by atoms with Crippen LogP contribution in [0.2, 0.25) is 0 Å². The summed E-state index contributed by atoms with van der Waals surface area (Å²) in [5.74, 6) is -0.145. The molecule has 3 atom stereocenters. The quantitative estimate of drug-likeness (QED) is 0.673. The topological polar surface area (TPSA) is 80.7 Å². The predicted molar refractivity (Wildman–Crippen MR) is 61.5 cm³/mol. The van der Waals surface area contributed by atoms with Crippen LogP contribution in [-0.4, -0.2) is 41.7 Å². The van der Waals surface area contributed by atoms with Gasteiger partial charge in [0.1, 0.15) is 12.1 Å². The van der Waals surface area contributed by atoms with E-state index in [4.69, 9.17) is 4.18 Å². The second-order valence-corrected chi connectivity index (χ2v) is 7.25. The summed E-state index contributed by atoms with van der Waals surface area (Å²) in [7, 11) is -4.19. The molecule has 0 bridgehead atoms. The molecule has 0 radical (unpaired) electrons. The van der Waals surface area contributed by atoms with Gasteiger partial charge in [0, 0.05) is 5.92 Å². The number of quaternary nitrogens is 1. The van der Waals surface area contributed by atoms with Gasteiger partial charge < -0.3 is 5.11 Å². The van der Waals surface area contributed by atoms with E-state index in [0.29, 0.717) is 0 Å². The molecule has 0 aromatic carbocycles. The summed E-state index contributed by atoms with van der Waals surface area (Å²) in [5, 5.41) is 9.38. The molecule has 1 amide bonds. The molecular formula is C10H20NO5S+. The van der Waals surface area contributed by atoms with Crippen molar-refractivity contribution in [1.82, 2.24) is 0 Å². The van der Waals surface area contributed by atoms with Crippen molar-refractivity contribution in [1.29, 1.82) is 0 Å². The third-order valence-electron chi connectivity index (χ3n) is 3.39. The molecule has 0 aromatic heterocycles. The first-order valence-corrected chi connectivity index (χ1v) is 6.87. The summed E-state index contributed by atoms with van der Waals surface area (Å²) in [5.41, 5.74) is -0.987. The summed E-state index contributed by atoms with van der Waals surface area (Å²) in [6.07, 6.45) is -1.89. The summed E-state index contributed by atoms with van der Waals surface area (Å²) in [6, 6.07) is 0. The normalized spacial score (nSPS) is 37.7. The Labute approximate surface area is 102 Å². The van der Waals surface area contributed by atoms with E-state index in [9.17, 15) is 18.3 Å². The minimum Gasteiger partial charge on any atom is -0.434 e. The van der Waals surface area contributed by atoms with Crippen molar-refractivity contribution in [3.8, 4) is 0 Å². The maximum absolute atomic E-state index is 12.1. The Balaban J connectivity index is 3.45. The van der Waals surface area contributed by atoms with Crippen LogP contribution in [-0.2, 0) is 14.5 Å². The molecule has 1 N–H and O–H groups in total. The number of rotatable bonds is 0. The summed E-state index contributed by atoms with van der Waals surface area (Å²) >= 11 is 0. The standard InChI is InChI=1S/C10H19NO5S/c1-7-6-11(9(12)13,10(3,4)5)17(14,15)16-8(7)2/h7-8H,6H2,1-5H3/p+1. The average molecular weight is 266 g/mol. The minimum absolute atomic E-state index is 0.0162. The largest absolute Gasteiger partial charge is 0.531 e. The lowest BCUT2D eigenvalue weighted by molar-refractivity contribution is -0.798. The summed E-state index contributed by atoms with van der Waals surface area (Å²) < 4.78 is 28.1. The van der Waals surface area contributed by atoms with Crippen molar-refractivity contribution < 1.29 is 26.4 Å². The van der Waals surface area contributed by atoms with E-state index < -0.39 is 31.9 Å². The van der Waals surface area contributed by atoms with Crippen LogP contribution in [0.1, 0.15) is 34.6 Å². The van der Waals surface area contributed by atoms with E-state index in [1.54, 1.807) is 34.6 Å². The Morgan fingerprint density at radius 3 is 2.18 bits per heavy atom. The number of nitrogens with zero attached hydrogens (tertiary/aromatic N) is 1. The highest BCUT2D eigenvalue weighted by Crippen LogP contribution is 2.38. The minimum atomic E-state index is -4.19. The molecule has 7 heteroatoms. The van der Waals surface area contributed by atoms with E-state index in [1.807, 2.05) is 0 Å². The third-order valence-corrected chi connectivity index (χ3v) is 5.56. The van der Waals surface area contributed by atoms with Crippen LogP contribution in [0.3, 0.4) is 0 Å². The monoisotopic (exact) mass is 266 g/mol. The van der Waals surface area contributed by atoms with Crippen molar-refractivity contribution in [2.45, 2.75) is 46.3 Å². The fraction of sp³-hybridized carbons (Fsp3) is 0.900. The van der Waals surface area contributed by atoms with Crippen LogP contribution in [0.25, 0.3) is 0 Å². The molecule has 0 aliphatic carbocycles. The van der Waals surface area contributed by atoms with Gasteiger partial charge in [-0.3, -0.25) is 0 Å². The first-order chi connectivity index (χ1) is 7.46. The fourth-order valence-corrected chi connectivity index (χ4v) is 4.08. The lowest BCUT2D eigenvalue weighted by atomic mass is 10.0. The van der Waals surface area contributed by atoms with Crippen molar-refractivity contribution in [2.24, 2.45) is 5.92 Å². The number of hydrogen-bond donors (Lipinski definition) is 1. The lowest BCUT2D eigenvalue weighted by Gasteiger charge is -2.45. The van der Waals surface area contributed by atoms with Crippen molar-refractivity contribution in [2.75, 3.05) is 6.54 Å². The van der Waals surface area contributed by atoms with Crippen LogP contribution >= 0.6 is 0 Å². The zero-order valence-corrected chi connectivity index (χ0v) is 11.6. The fourth-order valence-electron chi connectivity index (χ4n) is 2.08. The highest BCUT2D eigenvalue weighted by atomic mass is 32.2. The van der Waals surface area contributed by atoms with Gasteiger partial charge in [-0.25, -0.2) is 4.18 Å². The zero-order chi connectivity index (χ0) is 13.6. The predicted octanol–water partition coefficient (Wildman–Crippen LogP) is 1.58. The van der Waals surface area contributed by atoms with Gasteiger partial charge in [-0.05, 0) is 27.7 Å². The Morgan fingerprint density at radius 1 is 1.35 bits per heavy atom. The Morgan fingerprint density at radius 2 is 1.82 bits per heavy atom. The number of hydrogen-bond acceptors (Lipinski definition) is 4. The van der Waals surface area contributed by atoms with Gasteiger partial charge in [-0.1, -0.05) is 10.8 Å². The van der Waals surface area contributed by atoms with Crippen LogP contribution in [0.15, 0.2) is 0 Å². The Hall–Kier alpha value is -0.660. The number of carboxylic acid groups (broad SMARTS) is 1. The first kappa shape index (κ1) is 14.4. The molecule has 1 fully saturated rings. The number of amides is 1. The molecular weight excluding hydrogens is 246 g/mol. The molecule has 100 valence electrons. The zero-order valence-electron chi connectivity index (χ0n) is 10.8. The van der Waals surface area contributed by atoms with E-state index in [2.05, 4.69) is 0 Å². The molecule has 3 unspecified atom stereocenters. The van der Waals surface area contributed by atoms with E-state index >= 15 is 0 Å². The number of carbonyl (C=O) groups is 1. The SMILES string of the molecule is CC1C[N+](C(=O)O)(C(C)(C)C)S(=O)(=O)OC1C. The average Bonchev–Trinajstić information content (AvgIpc) is 2.07. The molecule has 1 aliphatic rings. The summed E-state index contributed by atoms with van der Waals surface area (Å²) in [6.45, 7) is 8.21. The lowest BCUT2D eigenvalue weighted by Crippen LogP contribution is -2.71. The molecule has 6 nitrogen and oxygen atoms in total. The van der Waals surface area contributed by atoms with Crippen LogP contribution in [0.5, 0.6) is 0 Å². The molecule has 0 spiro atoms. The molecule has 1 aliphatic heterocycles. The van der Waals surface area contributed by atoms with E-state index in [1.165, 1.54) is 0 Å². The van der Waals surface area contributed by atoms with Crippen LogP contribution < -0.4 is 0 Å². The molecule has 1 heterocycles. The van der Waals surface area contributed by atoms with Crippen molar-refractivity contribution in [3.05, 3.63) is 0 Å². The second-order valence-electron chi connectivity index (χ2n) is 5.58. The molecule has 0 aromatic rings. The van der Waals surface area contributed by atoms with Gasteiger partial charge in [0.05, 0.1) is 6.10 Å². The van der Waals surface area contributed by atoms with Gasteiger partial charge in [0.25, 0.3) is 0 Å². The van der Waals surface area contributed by atoms with Crippen LogP contribution in [0.4, 0.5) is 4.79 Å². The highest BCUT2D eigenvalue weighted by molar-refractivity contribution is 7.81. The van der Waals surface area contributed by atoms with Gasteiger partial charge >= 0.3 is 16.4 Å². The van der Waals surface area contributed by atoms with Crippen molar-refractivity contribution in [3.63, 3.8) is 0 Å². The second kappa shape index (κ2) is 3.93. The third kappa shape index (κ3) is 1.96. The van der Waals surface area contributed by atoms with Crippen LogP contribution in [0, 0.1) is 5.92 Å². The molecule has 17 heavy (non-hydrogen) atoms. The van der Waals surface area contributed by atoms with Gasteiger partial charge in [-0.15, -0.1) is 8.42 Å². The maximum Gasteiger partial charge on any atom is 0.531 e. The van der Waals surface area contributed by atoms with Gasteiger partial charge in [0.15, 0.2) is 0 Å². The van der Waals surface area contributed by atoms with E-state index in [-0.39, 0.29) is 12.5 Å². The first-order valence-electron chi connectivity index (χ1n) is 5.51. The summed E-state index contributed by atoms with van der Waals surface area (Å²) in [4.78, 5) is 11.5. The van der Waals surface area contributed by atoms with Gasteiger partial charge in [-0.2, -0.15) is 4.79 Å². The molecule has 0 saturated carbocycles.